The number of carbonyl (C=O) groups is 4. The number of nitriles is 2. The van der Waals surface area contributed by atoms with Gasteiger partial charge in [-0.05, 0) is 66.2 Å². The van der Waals surface area contributed by atoms with E-state index in [1.54, 1.807) is 36.5 Å². The second-order valence-electron chi connectivity index (χ2n) is 15.5. The largest absolute Gasteiger partial charge is 0.376 e. The first-order chi connectivity index (χ1) is 33.1. The molecule has 4 amide bonds. The Labute approximate surface area is 372 Å². The molecule has 2 saturated heterocycles. The number of imidazole rings is 2. The van der Waals surface area contributed by atoms with Crippen LogP contribution in [0, 0.1) is 45.3 Å². The zero-order valence-corrected chi connectivity index (χ0v) is 34.0. The molecule has 4 fully saturated rings. The maximum Gasteiger partial charge on any atom is 0.252 e. The van der Waals surface area contributed by atoms with E-state index in [9.17, 15) is 29.7 Å². The number of hydrogen-bond acceptors (Lipinski definition) is 13. The molecule has 21 heteroatoms. The van der Waals surface area contributed by atoms with Crippen molar-refractivity contribution < 1.29 is 32.9 Å². The molecule has 316 valence electrons. The first-order valence-electron chi connectivity index (χ1n) is 24.0. The van der Waals surface area contributed by atoms with Gasteiger partial charge in [0.1, 0.15) is 15.4 Å². The Morgan fingerprint density at radius 2 is 1.28 bits per heavy atom. The molecule has 0 spiro atoms. The van der Waals surface area contributed by atoms with Crippen LogP contribution in [0.2, 0.25) is 0 Å². The highest BCUT2D eigenvalue weighted by Gasteiger charge is 2.55. The number of rotatable bonds is 11. The van der Waals surface area contributed by atoms with Crippen molar-refractivity contribution in [3.8, 4) is 23.4 Å². The Morgan fingerprint density at radius 3 is 1.70 bits per heavy atom. The van der Waals surface area contributed by atoms with E-state index in [4.69, 9.17) is 25.2 Å². The van der Waals surface area contributed by atoms with Crippen molar-refractivity contribution in [3.63, 3.8) is 0 Å². The summed E-state index contributed by atoms with van der Waals surface area (Å²) in [6.45, 7) is -6.52. The topological polar surface area (TPSA) is 277 Å². The van der Waals surface area contributed by atoms with E-state index >= 15 is 0 Å². The van der Waals surface area contributed by atoms with Gasteiger partial charge in [-0.2, -0.15) is 25.8 Å². The molecule has 0 aromatic carbocycles. The summed E-state index contributed by atoms with van der Waals surface area (Å²) in [5, 5.41) is 37.5. The van der Waals surface area contributed by atoms with Crippen molar-refractivity contribution in [3.05, 3.63) is 52.9 Å². The molecule has 5 aromatic heterocycles. The summed E-state index contributed by atoms with van der Waals surface area (Å²) in [6, 6.07) is 2.22. The number of aryl methyl sites for hydroxylation is 1. The summed E-state index contributed by atoms with van der Waals surface area (Å²) in [6.07, 6.45) is 5.23. The highest BCUT2D eigenvalue weighted by Crippen LogP contribution is 2.48. The predicted molar refractivity (Wildman–Crippen MR) is 223 cm³/mol. The molecule has 2 saturated carbocycles. The van der Waals surface area contributed by atoms with Crippen molar-refractivity contribution >= 4 is 62.2 Å². The molecule has 4 atom stereocenters. The molecule has 9 rings (SSSR count). The summed E-state index contributed by atoms with van der Waals surface area (Å²) in [4.78, 5) is 62.0. The molecular weight excluding hydrogens is 848 g/mol. The number of primary amides is 2. The third-order valence-electron chi connectivity index (χ3n) is 11.5. The van der Waals surface area contributed by atoms with Crippen LogP contribution >= 0.6 is 15.9 Å². The molecular formula is C40H45BrN16O4. The summed E-state index contributed by atoms with van der Waals surface area (Å²) in [5.41, 5.74) is 10.7. The van der Waals surface area contributed by atoms with Crippen LogP contribution in [0.25, 0.3) is 22.6 Å². The molecule has 61 heavy (non-hydrogen) atoms. The molecule has 5 aromatic rings. The highest BCUT2D eigenvalue weighted by molar-refractivity contribution is 9.10. The summed E-state index contributed by atoms with van der Waals surface area (Å²) in [7, 11) is 1.75. The lowest BCUT2D eigenvalue weighted by Gasteiger charge is -2.21. The van der Waals surface area contributed by atoms with E-state index in [2.05, 4.69) is 51.8 Å². The van der Waals surface area contributed by atoms with Crippen LogP contribution in [0.5, 0.6) is 0 Å². The molecule has 2 aliphatic carbocycles. The SMILES string of the molecule is [2H]C([2H])([2H])C([2H])([2H])[C@H]1CN(C(=O)C2(C#N)CC2)C[C@H]1Nc1c(C(N)=O)cnn2cc(-c3cnn(C)c3)nc12.[2H]C([2H])([2H])C([2H])([2H])[C@H]1CN(C(=O)C2(C#N)CC2)C[C@H]1Nc1c(C(N)=O)cnn2cc(Br)nc12. The van der Waals surface area contributed by atoms with Gasteiger partial charge in [-0.3, -0.25) is 23.9 Å². The van der Waals surface area contributed by atoms with Gasteiger partial charge >= 0.3 is 0 Å². The molecule has 2 aliphatic heterocycles. The number of carbonyl (C=O) groups excluding carboxylic acids is 4. The zero-order chi connectivity index (χ0) is 52.0. The molecule has 0 bridgehead atoms. The number of amides is 4. The van der Waals surface area contributed by atoms with E-state index in [0.29, 0.717) is 41.5 Å². The van der Waals surface area contributed by atoms with Gasteiger partial charge in [0.25, 0.3) is 11.8 Å². The average molecular weight is 904 g/mol. The number of nitrogens with two attached hydrogens (primary N) is 2. The van der Waals surface area contributed by atoms with Gasteiger partial charge < -0.3 is 31.9 Å². The van der Waals surface area contributed by atoms with Gasteiger partial charge in [-0.1, -0.05) is 13.7 Å². The minimum Gasteiger partial charge on any atom is -0.376 e. The lowest BCUT2D eigenvalue weighted by atomic mass is 10.0. The van der Waals surface area contributed by atoms with Crippen molar-refractivity contribution in [1.29, 1.82) is 10.5 Å². The summed E-state index contributed by atoms with van der Waals surface area (Å²) < 4.78 is 85.1. The number of nitrogens with one attached hydrogen (secondary N) is 2. The number of anilines is 2. The van der Waals surface area contributed by atoms with E-state index in [-0.39, 0.29) is 60.0 Å². The van der Waals surface area contributed by atoms with Crippen LogP contribution < -0.4 is 22.1 Å². The van der Waals surface area contributed by atoms with Crippen molar-refractivity contribution in [2.75, 3.05) is 36.8 Å². The van der Waals surface area contributed by atoms with Crippen LogP contribution in [0.15, 0.2) is 41.8 Å². The van der Waals surface area contributed by atoms with Gasteiger partial charge in [-0.25, -0.2) is 19.0 Å². The van der Waals surface area contributed by atoms with Gasteiger partial charge in [0.05, 0.1) is 71.3 Å². The Morgan fingerprint density at radius 1 is 0.787 bits per heavy atom. The number of fused-ring (bicyclic) bond motifs is 2. The first kappa shape index (κ1) is 30.4. The number of aromatic nitrogens is 8. The molecule has 20 nitrogen and oxygen atoms in total. The second-order valence-corrected chi connectivity index (χ2v) is 16.3. The lowest BCUT2D eigenvalue weighted by Crippen LogP contribution is -2.36. The number of likely N-dealkylation sites (tertiary alicyclic amines) is 2. The van der Waals surface area contributed by atoms with Crippen molar-refractivity contribution in [2.24, 2.45) is 41.2 Å². The quantitative estimate of drug-likeness (QED) is 0.149. The van der Waals surface area contributed by atoms with Crippen LogP contribution in [-0.4, -0.2) is 111 Å². The number of halogens is 1. The fourth-order valence-corrected chi connectivity index (χ4v) is 8.05. The van der Waals surface area contributed by atoms with E-state index in [1.165, 1.54) is 31.2 Å². The van der Waals surface area contributed by atoms with E-state index in [0.717, 1.165) is 0 Å². The van der Waals surface area contributed by atoms with Crippen molar-refractivity contribution in [2.45, 2.75) is 64.2 Å². The smallest absolute Gasteiger partial charge is 0.252 e. The third-order valence-corrected chi connectivity index (χ3v) is 11.9. The fourth-order valence-electron chi connectivity index (χ4n) is 7.69. The highest BCUT2D eigenvalue weighted by atomic mass is 79.9. The summed E-state index contributed by atoms with van der Waals surface area (Å²) in [5.74, 6) is -4.90. The predicted octanol–water partition coefficient (Wildman–Crippen LogP) is 2.72. The number of nitrogens with zero attached hydrogens (tertiary/aromatic N) is 12. The zero-order valence-electron chi connectivity index (χ0n) is 42.5. The lowest BCUT2D eigenvalue weighted by molar-refractivity contribution is -0.134. The van der Waals surface area contributed by atoms with E-state index in [1.807, 2.05) is 12.1 Å². The van der Waals surface area contributed by atoms with Crippen LogP contribution in [0.1, 0.15) is 86.6 Å². The summed E-state index contributed by atoms with van der Waals surface area (Å²) >= 11 is 3.23. The minimum absolute atomic E-state index is 0.0192. The maximum atomic E-state index is 13.1. The van der Waals surface area contributed by atoms with Gasteiger partial charge in [0.2, 0.25) is 11.8 Å². The molecule has 6 N–H and O–H groups in total. The number of hydrogen-bond donors (Lipinski definition) is 4. The molecule has 4 aliphatic rings. The average Bonchev–Trinajstić information content (AvgIpc) is 3.84. The van der Waals surface area contributed by atoms with Crippen molar-refractivity contribution in [1.82, 2.24) is 48.8 Å². The molecule has 0 unspecified atom stereocenters. The Balaban J connectivity index is 0.000000192. The van der Waals surface area contributed by atoms with Crippen LogP contribution in [0.3, 0.4) is 0 Å². The van der Waals surface area contributed by atoms with E-state index < -0.39 is 84.8 Å². The molecule has 7 heterocycles. The minimum atomic E-state index is -3.00. The standard InChI is InChI=1S/C22H25N9O2.C18H20BrN7O2/c1-3-13-9-30(21(33)22(12-23)4-5-22)10-16(13)27-18-15(19(24)32)7-26-31-11-17(28-20(18)31)14-6-25-29(2)8-14;1-2-10-6-25(17(28)18(9-20)3-4-18)7-12(10)23-14-11(15(21)27)5-22-26-8-13(19)24-16(14)26/h6-8,11,13,16,27H,3-5,9-10H2,1-2H3,(H2,24,32);5,8,10,12,23H,2-4,6-7H2,1H3,(H2,21,27)/t13-,16+;10-,12+/m00/s1/i1D3,3D2;1D3,2D2. The Hall–Kier alpha value is -6.61. The first-order valence-corrected chi connectivity index (χ1v) is 19.8. The maximum absolute atomic E-state index is 13.1. The molecule has 0 radical (unpaired) electrons. The van der Waals surface area contributed by atoms with Gasteiger partial charge in [0, 0.05) is 70.8 Å². The van der Waals surface area contributed by atoms with Crippen LogP contribution in [-0.2, 0) is 16.6 Å². The van der Waals surface area contributed by atoms with Crippen LogP contribution in [0.4, 0.5) is 11.4 Å². The van der Waals surface area contributed by atoms with Gasteiger partial charge in [-0.15, -0.1) is 0 Å². The normalized spacial score (nSPS) is 25.2. The third kappa shape index (κ3) is 7.58. The second kappa shape index (κ2) is 15.8. The Bertz CT molecular complexity index is 3080. The monoisotopic (exact) mass is 902 g/mol. The Kier molecular flexibility index (Phi) is 7.87. The fraction of sp³-hybridized carbons (Fsp3) is 0.475. The van der Waals surface area contributed by atoms with Gasteiger partial charge in [0.15, 0.2) is 11.3 Å².